The van der Waals surface area contributed by atoms with Crippen molar-refractivity contribution in [1.29, 1.82) is 0 Å². The van der Waals surface area contributed by atoms with Crippen molar-refractivity contribution in [2.45, 2.75) is 52.7 Å². The van der Waals surface area contributed by atoms with Gasteiger partial charge in [-0.1, -0.05) is 19.0 Å². The number of rotatable bonds is 3. The molecule has 0 unspecified atom stereocenters. The van der Waals surface area contributed by atoms with Crippen LogP contribution < -0.4 is 9.64 Å². The summed E-state index contributed by atoms with van der Waals surface area (Å²) in [6.07, 6.45) is -3.80. The highest BCUT2D eigenvalue weighted by Gasteiger charge is 2.41. The number of ether oxygens (including phenoxy) is 3. The van der Waals surface area contributed by atoms with Crippen LogP contribution in [-0.2, 0) is 9.47 Å². The Labute approximate surface area is 199 Å². The molecule has 2 aliphatic rings. The third-order valence-corrected chi connectivity index (χ3v) is 5.87. The van der Waals surface area contributed by atoms with Gasteiger partial charge in [-0.3, -0.25) is 0 Å². The number of anilines is 1. The van der Waals surface area contributed by atoms with Crippen molar-refractivity contribution in [1.82, 2.24) is 15.1 Å². The van der Waals surface area contributed by atoms with Gasteiger partial charge in [0, 0.05) is 37.4 Å². The Hall–Kier alpha value is -2.99. The Morgan fingerprint density at radius 3 is 2.26 bits per heavy atom. The molecule has 190 valence electrons. The molecule has 0 bridgehead atoms. The Morgan fingerprint density at radius 1 is 1.03 bits per heavy atom. The molecule has 2 aliphatic heterocycles. The monoisotopic (exact) mass is 498 g/mol. The number of piperidine rings is 1. The number of nitrogens with zero attached hydrogens (tertiary/aromatic N) is 4. The van der Waals surface area contributed by atoms with E-state index in [0.717, 1.165) is 6.07 Å². The third-order valence-electron chi connectivity index (χ3n) is 5.87. The van der Waals surface area contributed by atoms with Gasteiger partial charge in [0.15, 0.2) is 17.4 Å². The largest absolute Gasteiger partial charge is 0.573 e. The van der Waals surface area contributed by atoms with Gasteiger partial charge in [0.1, 0.15) is 17.1 Å². The van der Waals surface area contributed by atoms with Crippen LogP contribution >= 0.6 is 0 Å². The highest BCUT2D eigenvalue weighted by atomic mass is 19.4. The van der Waals surface area contributed by atoms with Crippen LogP contribution in [0.1, 0.15) is 38.1 Å². The normalized spacial score (nSPS) is 17.5. The number of aryl methyl sites for hydroxylation is 2. The molecule has 0 radical (unpaired) electrons. The van der Waals surface area contributed by atoms with Crippen LogP contribution in [0.25, 0.3) is 22.4 Å². The van der Waals surface area contributed by atoms with Gasteiger partial charge in [-0.15, -0.1) is 13.2 Å². The SMILES string of the molecule is CC.Cc1noc(-c2c(N3CCC4(CC3)OCCO4)nc3c(F)cc(OC(F)(F)F)cc3c2C)n1. The number of hydrogen-bond donors (Lipinski definition) is 0. The predicted octanol–water partition coefficient (Wildman–Crippen LogP) is 5.31. The minimum Gasteiger partial charge on any atom is -0.406 e. The van der Waals surface area contributed by atoms with Crippen LogP contribution in [0, 0.1) is 19.7 Å². The van der Waals surface area contributed by atoms with E-state index in [4.69, 9.17) is 14.0 Å². The standard InChI is InChI=1S/C21H20F4N4O4.C2H6/c1-11-14-9-13(32-21(23,24)25)10-15(22)17(14)27-18(16(11)19-26-12(2)28-33-19)29-5-3-20(4-6-29)30-7-8-31-20;1-2/h9-10H,3-8H2,1-2H3;1-2H3. The molecule has 0 N–H and O–H groups in total. The smallest absolute Gasteiger partial charge is 0.406 e. The topological polar surface area (TPSA) is 82.7 Å². The lowest BCUT2D eigenvalue weighted by atomic mass is 9.99. The molecule has 12 heteroatoms. The van der Waals surface area contributed by atoms with Crippen LogP contribution in [-0.4, -0.2) is 53.6 Å². The minimum atomic E-state index is -4.96. The quantitative estimate of drug-likeness (QED) is 0.450. The van der Waals surface area contributed by atoms with E-state index in [1.807, 2.05) is 18.7 Å². The maximum absolute atomic E-state index is 14.9. The second kappa shape index (κ2) is 9.57. The van der Waals surface area contributed by atoms with Crippen molar-refractivity contribution < 1.29 is 36.3 Å². The first-order valence-electron chi connectivity index (χ1n) is 11.4. The molecule has 2 fully saturated rings. The fraction of sp³-hybridized carbons (Fsp3) is 0.522. The van der Waals surface area contributed by atoms with Crippen LogP contribution in [0.5, 0.6) is 5.75 Å². The Kier molecular flexibility index (Phi) is 6.87. The molecular weight excluding hydrogens is 472 g/mol. The summed E-state index contributed by atoms with van der Waals surface area (Å²) in [5, 5.41) is 3.97. The number of benzene rings is 1. The molecule has 8 nitrogen and oxygen atoms in total. The molecule has 0 atom stereocenters. The summed E-state index contributed by atoms with van der Waals surface area (Å²) in [5.41, 5.74) is 0.792. The van der Waals surface area contributed by atoms with Crippen molar-refractivity contribution in [2.75, 3.05) is 31.2 Å². The van der Waals surface area contributed by atoms with Crippen LogP contribution in [0.2, 0.25) is 0 Å². The first-order valence-corrected chi connectivity index (χ1v) is 11.4. The zero-order valence-electron chi connectivity index (χ0n) is 19.8. The molecule has 5 rings (SSSR count). The van der Waals surface area contributed by atoms with Crippen LogP contribution in [0.4, 0.5) is 23.4 Å². The minimum absolute atomic E-state index is 0.0781. The lowest BCUT2D eigenvalue weighted by Gasteiger charge is -2.38. The number of fused-ring (bicyclic) bond motifs is 1. The van der Waals surface area contributed by atoms with Gasteiger partial charge < -0.3 is 23.6 Å². The number of hydrogen-bond acceptors (Lipinski definition) is 8. The van der Waals surface area contributed by atoms with Crippen LogP contribution in [0.3, 0.4) is 0 Å². The van der Waals surface area contributed by atoms with E-state index in [2.05, 4.69) is 19.9 Å². The summed E-state index contributed by atoms with van der Waals surface area (Å²) < 4.78 is 74.0. The van der Waals surface area contributed by atoms with E-state index in [1.54, 1.807) is 13.8 Å². The summed E-state index contributed by atoms with van der Waals surface area (Å²) in [4.78, 5) is 10.7. The number of pyridine rings is 1. The maximum atomic E-state index is 14.9. The van der Waals surface area contributed by atoms with Gasteiger partial charge in [0.2, 0.25) is 0 Å². The predicted molar refractivity (Wildman–Crippen MR) is 119 cm³/mol. The second-order valence-corrected chi connectivity index (χ2v) is 8.03. The summed E-state index contributed by atoms with van der Waals surface area (Å²) in [5.74, 6) is -1.31. The van der Waals surface area contributed by atoms with Crippen molar-refractivity contribution in [3.63, 3.8) is 0 Å². The molecule has 0 aliphatic carbocycles. The molecule has 0 saturated carbocycles. The molecule has 1 aromatic carbocycles. The third kappa shape index (κ3) is 5.03. The zero-order chi connectivity index (χ0) is 25.4. The van der Waals surface area contributed by atoms with E-state index < -0.39 is 23.7 Å². The number of halogens is 4. The molecule has 1 spiro atoms. The van der Waals surface area contributed by atoms with Gasteiger partial charge in [-0.2, -0.15) is 4.98 Å². The molecule has 35 heavy (non-hydrogen) atoms. The van der Waals surface area contributed by atoms with Crippen molar-refractivity contribution >= 4 is 16.7 Å². The zero-order valence-corrected chi connectivity index (χ0v) is 19.8. The van der Waals surface area contributed by atoms with Crippen LogP contribution in [0.15, 0.2) is 16.7 Å². The molecular formula is C23H26F4N4O4. The summed E-state index contributed by atoms with van der Waals surface area (Å²) >= 11 is 0. The summed E-state index contributed by atoms with van der Waals surface area (Å²) in [6, 6.07) is 1.78. The first-order chi connectivity index (χ1) is 16.6. The van der Waals surface area contributed by atoms with Gasteiger partial charge in [-0.05, 0) is 25.5 Å². The Morgan fingerprint density at radius 2 is 1.69 bits per heavy atom. The van der Waals surface area contributed by atoms with Gasteiger partial charge in [0.05, 0.1) is 18.8 Å². The average molecular weight is 498 g/mol. The highest BCUT2D eigenvalue weighted by Crippen LogP contribution is 2.41. The molecule has 2 aromatic heterocycles. The van der Waals surface area contributed by atoms with E-state index in [1.165, 1.54) is 0 Å². The Balaban J connectivity index is 0.00000141. The first kappa shape index (κ1) is 25.1. The van der Waals surface area contributed by atoms with Crippen molar-refractivity contribution in [2.24, 2.45) is 0 Å². The highest BCUT2D eigenvalue weighted by molar-refractivity contribution is 5.93. The van der Waals surface area contributed by atoms with Gasteiger partial charge >= 0.3 is 6.36 Å². The van der Waals surface area contributed by atoms with E-state index >= 15 is 0 Å². The lowest BCUT2D eigenvalue weighted by Crippen LogP contribution is -2.45. The number of alkyl halides is 3. The van der Waals surface area contributed by atoms with E-state index in [9.17, 15) is 17.6 Å². The average Bonchev–Trinajstić information content (AvgIpc) is 3.44. The van der Waals surface area contributed by atoms with E-state index in [-0.39, 0.29) is 16.8 Å². The van der Waals surface area contributed by atoms with Gasteiger partial charge in [-0.25, -0.2) is 9.37 Å². The fourth-order valence-corrected chi connectivity index (χ4v) is 4.36. The molecule has 3 aromatic rings. The molecule has 2 saturated heterocycles. The van der Waals surface area contributed by atoms with Crippen molar-refractivity contribution in [3.8, 4) is 17.2 Å². The van der Waals surface area contributed by atoms with E-state index in [0.29, 0.717) is 68.0 Å². The molecule has 0 amide bonds. The number of aromatic nitrogens is 3. The van der Waals surface area contributed by atoms with Gasteiger partial charge in [0.25, 0.3) is 5.89 Å². The summed E-state index contributed by atoms with van der Waals surface area (Å²) in [7, 11) is 0. The van der Waals surface area contributed by atoms with Crippen molar-refractivity contribution in [3.05, 3.63) is 29.3 Å². The summed E-state index contributed by atoms with van der Waals surface area (Å²) in [6.45, 7) is 9.38. The molecule has 4 heterocycles. The second-order valence-electron chi connectivity index (χ2n) is 8.03. The fourth-order valence-electron chi connectivity index (χ4n) is 4.36. The Bertz CT molecular complexity index is 1200. The lowest BCUT2D eigenvalue weighted by molar-refractivity contribution is -0.274. The maximum Gasteiger partial charge on any atom is 0.573 e.